The Balaban J connectivity index is 0.000000213. The molecule has 1 amide bonds. The summed E-state index contributed by atoms with van der Waals surface area (Å²) in [5, 5.41) is 6.81. The summed E-state index contributed by atoms with van der Waals surface area (Å²) in [6.45, 7) is 14.8. The summed E-state index contributed by atoms with van der Waals surface area (Å²) < 4.78 is 38.5. The van der Waals surface area contributed by atoms with E-state index in [0.29, 0.717) is 39.5 Å². The predicted molar refractivity (Wildman–Crippen MR) is 227 cm³/mol. The molecule has 7 rings (SSSR count). The van der Waals surface area contributed by atoms with E-state index in [0.717, 1.165) is 91.1 Å². The van der Waals surface area contributed by atoms with Gasteiger partial charge in [-0.1, -0.05) is 28.1 Å². The van der Waals surface area contributed by atoms with E-state index in [4.69, 9.17) is 32.5 Å². The molecular weight excluding hydrogens is 808 g/mol. The summed E-state index contributed by atoms with van der Waals surface area (Å²) >= 11 is 3.35. The van der Waals surface area contributed by atoms with E-state index >= 15 is 0 Å². The molecule has 4 aromatic carbocycles. The van der Waals surface area contributed by atoms with E-state index < -0.39 is 5.60 Å². The third-order valence-corrected chi connectivity index (χ3v) is 9.82. The van der Waals surface area contributed by atoms with Crippen molar-refractivity contribution < 1.29 is 46.9 Å². The number of carbonyl (C=O) groups is 3. The smallest absolute Gasteiger partial charge is 0.410 e. The van der Waals surface area contributed by atoms with Gasteiger partial charge in [-0.15, -0.1) is 0 Å². The van der Waals surface area contributed by atoms with Crippen molar-refractivity contribution in [1.82, 2.24) is 9.80 Å². The van der Waals surface area contributed by atoms with Crippen molar-refractivity contribution in [3.63, 3.8) is 0 Å². The molecule has 0 aliphatic carbocycles. The van der Waals surface area contributed by atoms with E-state index in [-0.39, 0.29) is 30.9 Å². The van der Waals surface area contributed by atoms with Gasteiger partial charge in [0.2, 0.25) is 0 Å². The van der Waals surface area contributed by atoms with Crippen LogP contribution in [-0.4, -0.2) is 97.9 Å². The van der Waals surface area contributed by atoms with Crippen LogP contribution < -0.4 is 9.47 Å². The molecule has 0 bridgehead atoms. The Labute approximate surface area is 346 Å². The highest BCUT2D eigenvalue weighted by Crippen LogP contribution is 2.31. The zero-order valence-electron chi connectivity index (χ0n) is 33.8. The molecule has 1 fully saturated rings. The molecular formula is C45H51BrN2O10. The average molecular weight is 860 g/mol. The molecule has 0 radical (unpaired) electrons. The van der Waals surface area contributed by atoms with Crippen LogP contribution in [0.1, 0.15) is 45.7 Å². The fourth-order valence-electron chi connectivity index (χ4n) is 6.72. The third-order valence-electron chi connectivity index (χ3n) is 9.49. The summed E-state index contributed by atoms with van der Waals surface area (Å²) in [4.78, 5) is 39.9. The lowest BCUT2D eigenvalue weighted by Gasteiger charge is -2.35. The summed E-state index contributed by atoms with van der Waals surface area (Å²) in [5.74, 6) is 1.11. The van der Waals surface area contributed by atoms with Crippen LogP contribution in [0, 0.1) is 0 Å². The standard InChI is InChI=1S/C27H34N2O6.C18H17BrO4/c1-5-32-25(30)17-21-18-34-24-16-19-6-7-22(14-20(19)15-23(21)24)33-13-12-28-8-10-29(11-9-28)26(31)35-27(2,3)4;1-2-21-18(20)10-14-11-23-17-9-12-3-4-15(22-6-5-19)7-13(12)8-16(14)17/h6-7,14-16,18H,5,8-13,17H2,1-4H3;3-4,7-9,11H,2,5-6,10H2,1H3. The maximum absolute atomic E-state index is 12.2. The first-order valence-corrected chi connectivity index (χ1v) is 20.8. The average Bonchev–Trinajstić information content (AvgIpc) is 3.77. The minimum absolute atomic E-state index is 0.184. The van der Waals surface area contributed by atoms with Gasteiger partial charge in [0.1, 0.15) is 34.9 Å². The van der Waals surface area contributed by atoms with Crippen LogP contribution >= 0.6 is 15.9 Å². The molecule has 3 heterocycles. The van der Waals surface area contributed by atoms with Crippen LogP contribution in [-0.2, 0) is 36.6 Å². The lowest BCUT2D eigenvalue weighted by molar-refractivity contribution is -0.143. The minimum Gasteiger partial charge on any atom is -0.493 e. The number of rotatable bonds is 13. The Hall–Kier alpha value is -5.27. The fourth-order valence-corrected chi connectivity index (χ4v) is 6.88. The Morgan fingerprint density at radius 2 is 1.17 bits per heavy atom. The predicted octanol–water partition coefficient (Wildman–Crippen LogP) is 9.09. The third kappa shape index (κ3) is 11.2. The van der Waals surface area contributed by atoms with Crippen molar-refractivity contribution in [1.29, 1.82) is 0 Å². The summed E-state index contributed by atoms with van der Waals surface area (Å²) in [7, 11) is 0. The van der Waals surface area contributed by atoms with Crippen LogP contribution in [0.5, 0.6) is 11.5 Å². The highest BCUT2D eigenvalue weighted by atomic mass is 79.9. The van der Waals surface area contributed by atoms with Gasteiger partial charge >= 0.3 is 18.0 Å². The normalized spacial score (nSPS) is 13.4. The van der Waals surface area contributed by atoms with Gasteiger partial charge in [0.25, 0.3) is 0 Å². The van der Waals surface area contributed by atoms with Gasteiger partial charge in [-0.3, -0.25) is 14.5 Å². The van der Waals surface area contributed by atoms with E-state index in [1.54, 1.807) is 31.3 Å². The number of ether oxygens (including phenoxy) is 5. The minimum atomic E-state index is -0.478. The number of furan rings is 2. The summed E-state index contributed by atoms with van der Waals surface area (Å²) in [6, 6.07) is 19.9. The first-order chi connectivity index (χ1) is 27.9. The van der Waals surface area contributed by atoms with Gasteiger partial charge in [0, 0.05) is 60.0 Å². The zero-order chi connectivity index (χ0) is 41.2. The molecule has 0 saturated carbocycles. The van der Waals surface area contributed by atoms with Crippen LogP contribution in [0.3, 0.4) is 0 Å². The number of halogens is 1. The van der Waals surface area contributed by atoms with Crippen LogP contribution in [0.15, 0.2) is 82.0 Å². The maximum Gasteiger partial charge on any atom is 0.410 e. The molecule has 58 heavy (non-hydrogen) atoms. The molecule has 308 valence electrons. The number of nitrogens with zero attached hydrogens (tertiary/aromatic N) is 2. The van der Waals surface area contributed by atoms with E-state index in [1.807, 2.05) is 81.4 Å². The number of benzene rings is 4. The van der Waals surface area contributed by atoms with Crippen LogP contribution in [0.4, 0.5) is 4.79 Å². The van der Waals surface area contributed by atoms with E-state index in [2.05, 4.69) is 20.8 Å². The Kier molecular flexibility index (Phi) is 14.2. The van der Waals surface area contributed by atoms with E-state index in [1.165, 1.54) is 0 Å². The fraction of sp³-hybridized carbons (Fsp3) is 0.400. The second kappa shape index (κ2) is 19.5. The van der Waals surface area contributed by atoms with Gasteiger partial charge in [0.15, 0.2) is 0 Å². The number of esters is 2. The molecule has 0 atom stereocenters. The molecule has 2 aromatic heterocycles. The van der Waals surface area contributed by atoms with Gasteiger partial charge in [0.05, 0.1) is 45.2 Å². The van der Waals surface area contributed by atoms with Crippen LogP contribution in [0.2, 0.25) is 0 Å². The molecule has 6 aromatic rings. The molecule has 1 saturated heterocycles. The number of alkyl halides is 1. The van der Waals surface area contributed by atoms with Crippen LogP contribution in [0.25, 0.3) is 43.5 Å². The highest BCUT2D eigenvalue weighted by molar-refractivity contribution is 9.09. The molecule has 1 aliphatic heterocycles. The monoisotopic (exact) mass is 858 g/mol. The van der Waals surface area contributed by atoms with Crippen molar-refractivity contribution in [3.05, 3.63) is 84.3 Å². The molecule has 1 aliphatic rings. The van der Waals surface area contributed by atoms with E-state index in [9.17, 15) is 14.4 Å². The van der Waals surface area contributed by atoms with Gasteiger partial charge in [-0.25, -0.2) is 4.79 Å². The Bertz CT molecular complexity index is 2350. The largest absolute Gasteiger partial charge is 0.493 e. The Morgan fingerprint density at radius 3 is 1.64 bits per heavy atom. The van der Waals surface area contributed by atoms with Crippen molar-refractivity contribution in [2.24, 2.45) is 0 Å². The maximum atomic E-state index is 12.2. The number of hydrogen-bond donors (Lipinski definition) is 0. The van der Waals surface area contributed by atoms with Crippen molar-refractivity contribution in [2.45, 2.75) is 53.1 Å². The second-order valence-corrected chi connectivity index (χ2v) is 15.7. The first-order valence-electron chi connectivity index (χ1n) is 19.6. The zero-order valence-corrected chi connectivity index (χ0v) is 35.4. The quantitative estimate of drug-likeness (QED) is 0.0627. The number of hydrogen-bond acceptors (Lipinski definition) is 11. The first kappa shape index (κ1) is 42.3. The highest BCUT2D eigenvalue weighted by Gasteiger charge is 2.26. The van der Waals surface area contributed by atoms with Crippen molar-refractivity contribution >= 4 is 77.4 Å². The lowest BCUT2D eigenvalue weighted by atomic mass is 10.0. The number of piperazine rings is 1. The number of fused-ring (bicyclic) bond motifs is 4. The number of amides is 1. The second-order valence-electron chi connectivity index (χ2n) is 14.9. The summed E-state index contributed by atoms with van der Waals surface area (Å²) in [6.07, 6.45) is 3.40. The Morgan fingerprint density at radius 1 is 0.672 bits per heavy atom. The molecule has 0 N–H and O–H groups in total. The molecule has 12 nitrogen and oxygen atoms in total. The van der Waals surface area contributed by atoms with Gasteiger partial charge in [-0.2, -0.15) is 0 Å². The van der Waals surface area contributed by atoms with Gasteiger partial charge in [-0.05, 0) is 105 Å². The van der Waals surface area contributed by atoms with Crippen molar-refractivity contribution in [3.8, 4) is 11.5 Å². The van der Waals surface area contributed by atoms with Gasteiger partial charge < -0.3 is 37.4 Å². The molecule has 0 spiro atoms. The van der Waals surface area contributed by atoms with Crippen molar-refractivity contribution in [2.75, 3.05) is 64.5 Å². The SMILES string of the molecule is CCOC(=O)Cc1coc2cc3ccc(OCCBr)cc3cc12.CCOC(=O)Cc1coc2cc3ccc(OCCN4CCN(C(=O)OC(C)(C)C)CC4)cc3cc12. The summed E-state index contributed by atoms with van der Waals surface area (Å²) in [5.41, 5.74) is 2.69. The lowest BCUT2D eigenvalue weighted by Crippen LogP contribution is -2.50. The topological polar surface area (TPSA) is 130 Å². The molecule has 0 unspecified atom stereocenters. The molecule has 13 heteroatoms. The number of carbonyl (C=O) groups excluding carboxylic acids is 3.